The molecule has 5 rings (SSSR count). The fourth-order valence-corrected chi connectivity index (χ4v) is 4.41. The first-order valence-corrected chi connectivity index (χ1v) is 11.8. The van der Waals surface area contributed by atoms with E-state index >= 15 is 0 Å². The van der Waals surface area contributed by atoms with E-state index in [2.05, 4.69) is 56.9 Å². The number of piperazine rings is 1. The summed E-state index contributed by atoms with van der Waals surface area (Å²) in [6, 6.07) is 7.85. The van der Waals surface area contributed by atoms with E-state index in [1.54, 1.807) is 6.20 Å². The first kappa shape index (κ1) is 22.6. The van der Waals surface area contributed by atoms with Crippen LogP contribution in [0.5, 0.6) is 5.75 Å². The molecule has 34 heavy (non-hydrogen) atoms. The first-order chi connectivity index (χ1) is 16.5. The molecule has 2 aliphatic heterocycles. The number of benzene rings is 1. The molecule has 4 heterocycles. The number of hydrogen-bond acceptors (Lipinski definition) is 8. The molecule has 0 unspecified atom stereocenters. The van der Waals surface area contributed by atoms with Crippen molar-refractivity contribution in [1.82, 2.24) is 19.8 Å². The summed E-state index contributed by atoms with van der Waals surface area (Å²) in [5.41, 5.74) is 2.52. The van der Waals surface area contributed by atoms with Crippen molar-refractivity contribution in [3.8, 4) is 17.1 Å². The number of aromatic nitrogens is 2. The molecule has 0 bridgehead atoms. The van der Waals surface area contributed by atoms with Crippen LogP contribution in [0.25, 0.3) is 11.3 Å². The fourth-order valence-electron chi connectivity index (χ4n) is 4.41. The minimum Gasteiger partial charge on any atom is -0.486 e. The predicted molar refractivity (Wildman–Crippen MR) is 130 cm³/mol. The van der Waals surface area contributed by atoms with Crippen LogP contribution in [0.1, 0.15) is 19.4 Å². The van der Waals surface area contributed by atoms with Crippen LogP contribution < -0.4 is 15.0 Å². The maximum absolute atomic E-state index is 14.8. The molecule has 0 saturated carbocycles. The number of nitrogens with zero attached hydrogens (tertiary/aromatic N) is 5. The molecule has 2 aromatic heterocycles. The Labute approximate surface area is 199 Å². The summed E-state index contributed by atoms with van der Waals surface area (Å²) in [6.07, 6.45) is 3.47. The number of likely N-dealkylation sites (N-methyl/N-ethyl adjacent to an activating group) is 1. The maximum atomic E-state index is 14.8. The van der Waals surface area contributed by atoms with Crippen LogP contribution in [0.15, 0.2) is 41.1 Å². The van der Waals surface area contributed by atoms with Crippen LogP contribution >= 0.6 is 0 Å². The van der Waals surface area contributed by atoms with Gasteiger partial charge in [-0.1, -0.05) is 6.07 Å². The summed E-state index contributed by atoms with van der Waals surface area (Å²) in [4.78, 5) is 15.7. The summed E-state index contributed by atoms with van der Waals surface area (Å²) in [7, 11) is 2.16. The molecule has 1 N–H and O–H groups in total. The third-order valence-electron chi connectivity index (χ3n) is 6.39. The molecule has 180 valence electrons. The third-order valence-corrected chi connectivity index (χ3v) is 6.39. The van der Waals surface area contributed by atoms with Crippen molar-refractivity contribution in [3.05, 3.63) is 48.0 Å². The predicted octanol–water partition coefficient (Wildman–Crippen LogP) is 3.97. The fraction of sp³-hybridized carbons (Fsp3) is 0.440. The topological polar surface area (TPSA) is 69.9 Å². The van der Waals surface area contributed by atoms with Crippen LogP contribution in [-0.2, 0) is 6.54 Å². The Bertz CT molecular complexity index is 1120. The Morgan fingerprint density at radius 1 is 1.06 bits per heavy atom. The lowest BCUT2D eigenvalue weighted by atomic mass is 10.1. The average Bonchev–Trinajstić information content (AvgIpc) is 3.30. The normalized spacial score (nSPS) is 17.0. The number of rotatable bonds is 6. The van der Waals surface area contributed by atoms with Gasteiger partial charge in [-0.05, 0) is 44.7 Å². The molecular formula is C25H31FN6O2. The highest BCUT2D eigenvalue weighted by Crippen LogP contribution is 2.39. The molecule has 1 saturated heterocycles. The molecular weight excluding hydrogens is 435 g/mol. The van der Waals surface area contributed by atoms with E-state index < -0.39 is 5.82 Å². The lowest BCUT2D eigenvalue weighted by molar-refractivity contribution is 0.148. The average molecular weight is 467 g/mol. The molecule has 1 fully saturated rings. The first-order valence-electron chi connectivity index (χ1n) is 11.8. The zero-order chi connectivity index (χ0) is 23.7. The van der Waals surface area contributed by atoms with Gasteiger partial charge in [0.2, 0.25) is 0 Å². The van der Waals surface area contributed by atoms with Gasteiger partial charge in [0.25, 0.3) is 0 Å². The lowest BCUT2D eigenvalue weighted by Gasteiger charge is -2.34. The quantitative estimate of drug-likeness (QED) is 0.585. The van der Waals surface area contributed by atoms with E-state index in [4.69, 9.17) is 9.15 Å². The van der Waals surface area contributed by atoms with Gasteiger partial charge in [0, 0.05) is 50.5 Å². The molecule has 0 spiro atoms. The van der Waals surface area contributed by atoms with Crippen molar-refractivity contribution in [2.45, 2.75) is 26.4 Å². The molecule has 1 aromatic carbocycles. The van der Waals surface area contributed by atoms with Crippen LogP contribution in [0.3, 0.4) is 0 Å². The Morgan fingerprint density at radius 3 is 2.62 bits per heavy atom. The number of ether oxygens (including phenoxy) is 1. The second-order valence-electron chi connectivity index (χ2n) is 9.23. The van der Waals surface area contributed by atoms with Crippen LogP contribution in [0.2, 0.25) is 0 Å². The molecule has 3 aromatic rings. The van der Waals surface area contributed by atoms with E-state index in [9.17, 15) is 4.39 Å². The second kappa shape index (κ2) is 9.60. The Hall–Kier alpha value is -3.17. The van der Waals surface area contributed by atoms with Gasteiger partial charge in [0.1, 0.15) is 12.4 Å². The Morgan fingerprint density at radius 2 is 1.88 bits per heavy atom. The van der Waals surface area contributed by atoms with Crippen molar-refractivity contribution < 1.29 is 13.5 Å². The van der Waals surface area contributed by atoms with Gasteiger partial charge in [0.05, 0.1) is 18.4 Å². The highest BCUT2D eigenvalue weighted by atomic mass is 19.1. The van der Waals surface area contributed by atoms with Crippen molar-refractivity contribution in [3.63, 3.8) is 0 Å². The second-order valence-corrected chi connectivity index (χ2v) is 9.23. The van der Waals surface area contributed by atoms with Crippen molar-refractivity contribution in [2.75, 3.05) is 56.6 Å². The minimum atomic E-state index is -0.402. The summed E-state index contributed by atoms with van der Waals surface area (Å²) >= 11 is 0. The highest BCUT2D eigenvalue weighted by Gasteiger charge is 2.25. The smallest absolute Gasteiger partial charge is 0.300 e. The molecule has 0 aliphatic carbocycles. The standard InChI is InChI=1S/C25H31FN6O2/c1-17(2)32-10-11-33-24-20(26)12-19(13-21(24)32)22-15-28-25(34-22)29-23-5-4-18(14-27-23)16-31-8-6-30(3)7-9-31/h4-5,12-15,17H,6-11,16H2,1-3H3,(H,27,28,29). The van der Waals surface area contributed by atoms with Crippen molar-refractivity contribution in [2.24, 2.45) is 0 Å². The summed E-state index contributed by atoms with van der Waals surface area (Å²) in [5, 5.41) is 3.10. The van der Waals surface area contributed by atoms with Crippen LogP contribution in [0, 0.1) is 5.82 Å². The number of fused-ring (bicyclic) bond motifs is 1. The van der Waals surface area contributed by atoms with Gasteiger partial charge >= 0.3 is 6.01 Å². The van der Waals surface area contributed by atoms with Gasteiger partial charge in [-0.2, -0.15) is 0 Å². The van der Waals surface area contributed by atoms with Crippen molar-refractivity contribution >= 4 is 17.5 Å². The zero-order valence-corrected chi connectivity index (χ0v) is 19.9. The Balaban J connectivity index is 1.27. The van der Waals surface area contributed by atoms with E-state index in [1.807, 2.05) is 18.3 Å². The number of anilines is 3. The maximum Gasteiger partial charge on any atom is 0.300 e. The number of nitrogens with one attached hydrogen (secondary N) is 1. The summed E-state index contributed by atoms with van der Waals surface area (Å²) in [5.74, 6) is 1.01. The lowest BCUT2D eigenvalue weighted by Crippen LogP contribution is -2.43. The minimum absolute atomic E-state index is 0.231. The van der Waals surface area contributed by atoms with Gasteiger partial charge in [-0.15, -0.1) is 0 Å². The summed E-state index contributed by atoms with van der Waals surface area (Å²) < 4.78 is 26.2. The van der Waals surface area contributed by atoms with Gasteiger partial charge < -0.3 is 19.0 Å². The number of oxazole rings is 1. The van der Waals surface area contributed by atoms with Gasteiger partial charge in [0.15, 0.2) is 17.3 Å². The highest BCUT2D eigenvalue weighted by molar-refractivity contribution is 5.71. The van der Waals surface area contributed by atoms with Crippen LogP contribution in [0.4, 0.5) is 21.9 Å². The number of hydrogen-bond donors (Lipinski definition) is 1. The molecule has 8 nitrogen and oxygen atoms in total. The van der Waals surface area contributed by atoms with E-state index in [-0.39, 0.29) is 6.04 Å². The molecule has 2 aliphatic rings. The van der Waals surface area contributed by atoms with Crippen LogP contribution in [-0.4, -0.2) is 72.2 Å². The monoisotopic (exact) mass is 466 g/mol. The molecule has 0 radical (unpaired) electrons. The van der Waals surface area contributed by atoms with E-state index in [0.717, 1.165) is 38.4 Å². The van der Waals surface area contributed by atoms with E-state index in [1.165, 1.54) is 11.6 Å². The largest absolute Gasteiger partial charge is 0.486 e. The molecule has 0 amide bonds. The van der Waals surface area contributed by atoms with Gasteiger partial charge in [-0.25, -0.2) is 14.4 Å². The molecule has 0 atom stereocenters. The zero-order valence-electron chi connectivity index (χ0n) is 19.9. The number of halogens is 1. The Kier molecular flexibility index (Phi) is 6.38. The van der Waals surface area contributed by atoms with Crippen molar-refractivity contribution in [1.29, 1.82) is 0 Å². The summed E-state index contributed by atoms with van der Waals surface area (Å²) in [6.45, 7) is 10.6. The van der Waals surface area contributed by atoms with Gasteiger partial charge in [-0.3, -0.25) is 10.2 Å². The molecule has 9 heteroatoms. The number of pyridine rings is 1. The third kappa shape index (κ3) is 4.85. The SMILES string of the molecule is CC(C)N1CCOc2c(F)cc(-c3cnc(Nc4ccc(CN5CCN(C)CC5)cn4)o3)cc21. The van der Waals surface area contributed by atoms with E-state index in [0.29, 0.717) is 42.1 Å².